The number of methoxy groups -OCH3 is 1. The fraction of sp³-hybridized carbons (Fsp3) is 0.458. The maximum atomic E-state index is 12.3. The van der Waals surface area contributed by atoms with E-state index in [0.29, 0.717) is 18.4 Å². The van der Waals surface area contributed by atoms with Crippen LogP contribution < -0.4 is 4.74 Å². The molecule has 0 aromatic heterocycles. The van der Waals surface area contributed by atoms with Gasteiger partial charge in [0, 0.05) is 43.7 Å². The molecule has 2 fully saturated rings. The molecule has 1 amide bonds. The van der Waals surface area contributed by atoms with Crippen LogP contribution in [0.25, 0.3) is 0 Å². The third kappa shape index (κ3) is 5.54. The second-order valence-electron chi connectivity index (χ2n) is 8.10. The quantitative estimate of drug-likeness (QED) is 0.633. The average molecular weight is 429 g/mol. The number of piperazine rings is 1. The van der Waals surface area contributed by atoms with E-state index in [9.17, 15) is 4.79 Å². The summed E-state index contributed by atoms with van der Waals surface area (Å²) in [5.41, 5.74) is 2.19. The Bertz CT molecular complexity index is 846. The maximum absolute atomic E-state index is 12.3. The number of amides is 1. The molecule has 1 saturated heterocycles. The Kier molecular flexibility index (Phi) is 6.93. The van der Waals surface area contributed by atoms with Crippen LogP contribution in [0.5, 0.6) is 5.75 Å². The van der Waals surface area contributed by atoms with Gasteiger partial charge in [-0.25, -0.2) is 0 Å². The van der Waals surface area contributed by atoms with E-state index in [1.165, 1.54) is 0 Å². The first kappa shape index (κ1) is 21.2. The molecule has 2 aromatic rings. The molecule has 30 heavy (non-hydrogen) atoms. The molecule has 0 radical (unpaired) electrons. The van der Waals surface area contributed by atoms with Gasteiger partial charge in [0.2, 0.25) is 5.91 Å². The van der Waals surface area contributed by atoms with Crippen molar-refractivity contribution in [2.45, 2.75) is 25.6 Å². The summed E-state index contributed by atoms with van der Waals surface area (Å²) in [6, 6.07) is 15.8. The highest BCUT2D eigenvalue weighted by Gasteiger charge is 2.34. The molecule has 0 bridgehead atoms. The lowest BCUT2D eigenvalue weighted by molar-refractivity contribution is -0.134. The molecule has 1 aliphatic heterocycles. The summed E-state index contributed by atoms with van der Waals surface area (Å²) in [5.74, 6) is 1.47. The summed E-state index contributed by atoms with van der Waals surface area (Å²) in [5, 5.41) is 0.720. The average Bonchev–Trinajstić information content (AvgIpc) is 3.63. The van der Waals surface area contributed by atoms with Crippen molar-refractivity contribution in [3.05, 3.63) is 64.7 Å². The van der Waals surface area contributed by atoms with Gasteiger partial charge in [-0.3, -0.25) is 9.69 Å². The van der Waals surface area contributed by atoms with Gasteiger partial charge in [-0.05, 0) is 48.2 Å². The van der Waals surface area contributed by atoms with Crippen molar-refractivity contribution in [1.82, 2.24) is 9.80 Å². The molecule has 2 aliphatic rings. The Morgan fingerprint density at radius 2 is 1.83 bits per heavy atom. The van der Waals surface area contributed by atoms with E-state index >= 15 is 0 Å². The van der Waals surface area contributed by atoms with Crippen molar-refractivity contribution in [1.29, 1.82) is 0 Å². The minimum absolute atomic E-state index is 0.0702. The lowest BCUT2D eigenvalue weighted by Crippen LogP contribution is -2.50. The zero-order valence-corrected chi connectivity index (χ0v) is 18.2. The first-order chi connectivity index (χ1) is 14.6. The van der Waals surface area contributed by atoms with E-state index in [2.05, 4.69) is 4.90 Å². The summed E-state index contributed by atoms with van der Waals surface area (Å²) < 4.78 is 11.7. The molecule has 0 spiro atoms. The fourth-order valence-corrected chi connectivity index (χ4v) is 3.99. The summed E-state index contributed by atoms with van der Waals surface area (Å²) in [4.78, 5) is 16.7. The number of carbonyl (C=O) groups excluding carboxylic acids is 1. The highest BCUT2D eigenvalue weighted by atomic mass is 35.5. The van der Waals surface area contributed by atoms with Crippen LogP contribution in [0.15, 0.2) is 48.5 Å². The minimum atomic E-state index is -0.0702. The molecule has 4 rings (SSSR count). The predicted octanol–water partition coefficient (Wildman–Crippen LogP) is 4.16. The van der Waals surface area contributed by atoms with E-state index in [1.807, 2.05) is 53.4 Å². The van der Waals surface area contributed by atoms with Gasteiger partial charge in [-0.1, -0.05) is 35.9 Å². The van der Waals surface area contributed by atoms with Gasteiger partial charge >= 0.3 is 0 Å². The number of nitrogens with zero attached hydrogens (tertiary/aromatic N) is 2. The van der Waals surface area contributed by atoms with Crippen LogP contribution in [-0.4, -0.2) is 55.5 Å². The van der Waals surface area contributed by atoms with Gasteiger partial charge in [0.25, 0.3) is 0 Å². The molecular weight excluding hydrogens is 400 g/mol. The Morgan fingerprint density at radius 3 is 2.50 bits per heavy atom. The molecule has 1 aliphatic carbocycles. The van der Waals surface area contributed by atoms with Gasteiger partial charge in [0.05, 0.1) is 19.8 Å². The minimum Gasteiger partial charge on any atom is -0.497 e. The largest absolute Gasteiger partial charge is 0.497 e. The third-order valence-corrected chi connectivity index (χ3v) is 6.11. The summed E-state index contributed by atoms with van der Waals surface area (Å²) in [7, 11) is 1.67. The van der Waals surface area contributed by atoms with E-state index in [-0.39, 0.29) is 6.10 Å². The Labute approximate surface area is 183 Å². The topological polar surface area (TPSA) is 42.0 Å². The molecule has 1 atom stereocenters. The highest BCUT2D eigenvalue weighted by molar-refractivity contribution is 6.30. The van der Waals surface area contributed by atoms with Crippen LogP contribution in [-0.2, 0) is 16.1 Å². The molecule has 160 valence electrons. The molecule has 0 N–H and O–H groups in total. The monoisotopic (exact) mass is 428 g/mol. The normalized spacial score (nSPS) is 18.3. The van der Waals surface area contributed by atoms with Crippen molar-refractivity contribution < 1.29 is 14.3 Å². The standard InChI is InChI=1S/C24H29ClN2O3/c1-29-22-4-2-3-18(15-22)17-30-23(19-7-9-21(25)10-8-19)16-26-11-13-27(14-12-26)24(28)20-5-6-20/h2-4,7-10,15,20,23H,5-6,11-14,16-17H2,1H3. The SMILES string of the molecule is COc1cccc(COC(CN2CCN(C(=O)C3CC3)CC2)c2ccc(Cl)cc2)c1. The molecule has 1 unspecified atom stereocenters. The van der Waals surface area contributed by atoms with Gasteiger partial charge in [-0.15, -0.1) is 0 Å². The molecule has 1 saturated carbocycles. The van der Waals surface area contributed by atoms with Crippen molar-refractivity contribution in [2.75, 3.05) is 39.8 Å². The van der Waals surface area contributed by atoms with Crippen LogP contribution in [0.3, 0.4) is 0 Å². The third-order valence-electron chi connectivity index (χ3n) is 5.86. The lowest BCUT2D eigenvalue weighted by atomic mass is 10.1. The maximum Gasteiger partial charge on any atom is 0.225 e. The zero-order chi connectivity index (χ0) is 20.9. The summed E-state index contributed by atoms with van der Waals surface area (Å²) in [6.45, 7) is 4.66. The van der Waals surface area contributed by atoms with Gasteiger partial charge in [0.15, 0.2) is 0 Å². The van der Waals surface area contributed by atoms with Crippen LogP contribution in [0.2, 0.25) is 5.02 Å². The summed E-state index contributed by atoms with van der Waals surface area (Å²) >= 11 is 6.09. The number of rotatable bonds is 8. The number of ether oxygens (including phenoxy) is 2. The number of halogens is 1. The molecular formula is C24H29ClN2O3. The second kappa shape index (κ2) is 9.82. The fourth-order valence-electron chi connectivity index (χ4n) is 3.86. The van der Waals surface area contributed by atoms with Crippen LogP contribution >= 0.6 is 11.6 Å². The van der Waals surface area contributed by atoms with Gasteiger partial charge < -0.3 is 14.4 Å². The van der Waals surface area contributed by atoms with Gasteiger partial charge in [0.1, 0.15) is 5.75 Å². The number of hydrogen-bond acceptors (Lipinski definition) is 4. The van der Waals surface area contributed by atoms with Crippen molar-refractivity contribution in [3.63, 3.8) is 0 Å². The molecule has 1 heterocycles. The van der Waals surface area contributed by atoms with E-state index in [4.69, 9.17) is 21.1 Å². The Balaban J connectivity index is 1.38. The predicted molar refractivity (Wildman–Crippen MR) is 118 cm³/mol. The van der Waals surface area contributed by atoms with Crippen LogP contribution in [0.1, 0.15) is 30.1 Å². The van der Waals surface area contributed by atoms with E-state index < -0.39 is 0 Å². The van der Waals surface area contributed by atoms with Crippen LogP contribution in [0.4, 0.5) is 0 Å². The highest BCUT2D eigenvalue weighted by Crippen LogP contribution is 2.31. The number of benzene rings is 2. The van der Waals surface area contributed by atoms with E-state index in [0.717, 1.165) is 67.5 Å². The van der Waals surface area contributed by atoms with Crippen molar-refractivity contribution >= 4 is 17.5 Å². The molecule has 6 heteroatoms. The van der Waals surface area contributed by atoms with Crippen molar-refractivity contribution in [2.24, 2.45) is 5.92 Å². The smallest absolute Gasteiger partial charge is 0.225 e. The Hall–Kier alpha value is -2.08. The van der Waals surface area contributed by atoms with E-state index in [1.54, 1.807) is 7.11 Å². The van der Waals surface area contributed by atoms with Crippen LogP contribution in [0, 0.1) is 5.92 Å². The van der Waals surface area contributed by atoms with Gasteiger partial charge in [-0.2, -0.15) is 0 Å². The number of hydrogen-bond donors (Lipinski definition) is 0. The lowest BCUT2D eigenvalue weighted by Gasteiger charge is -2.36. The first-order valence-electron chi connectivity index (χ1n) is 10.6. The van der Waals surface area contributed by atoms with Crippen molar-refractivity contribution in [3.8, 4) is 5.75 Å². The second-order valence-corrected chi connectivity index (χ2v) is 8.54. The zero-order valence-electron chi connectivity index (χ0n) is 17.4. The number of carbonyl (C=O) groups is 1. The Morgan fingerprint density at radius 1 is 1.10 bits per heavy atom. The first-order valence-corrected chi connectivity index (χ1v) is 11.0. The molecule has 2 aromatic carbocycles. The summed E-state index contributed by atoms with van der Waals surface area (Å²) in [6.07, 6.45) is 2.06. The molecule has 5 nitrogen and oxygen atoms in total.